The Morgan fingerprint density at radius 2 is 2.00 bits per heavy atom. The number of pyridine rings is 1. The molecule has 8 nitrogen and oxygen atoms in total. The number of nitrogens with one attached hydrogen (secondary N) is 3. The number of aromatic amines is 1. The molecule has 0 spiro atoms. The maximum Gasteiger partial charge on any atom is 0.329 e. The van der Waals surface area contributed by atoms with E-state index in [1.54, 1.807) is 6.07 Å². The van der Waals surface area contributed by atoms with Crippen LogP contribution in [0.3, 0.4) is 0 Å². The van der Waals surface area contributed by atoms with Crippen LogP contribution in [0.5, 0.6) is 0 Å². The van der Waals surface area contributed by atoms with Crippen LogP contribution in [0, 0.1) is 0 Å². The van der Waals surface area contributed by atoms with Crippen molar-refractivity contribution in [2.75, 3.05) is 13.6 Å². The van der Waals surface area contributed by atoms with E-state index >= 15 is 0 Å². The van der Waals surface area contributed by atoms with Gasteiger partial charge in [0, 0.05) is 24.8 Å². The van der Waals surface area contributed by atoms with Crippen molar-refractivity contribution in [3.05, 3.63) is 38.2 Å². The Hall–Kier alpha value is -2.48. The van der Waals surface area contributed by atoms with E-state index in [1.807, 2.05) is 34.7 Å². The largest absolute Gasteiger partial charge is 0.350 e. The van der Waals surface area contributed by atoms with Gasteiger partial charge in [-0.05, 0) is 32.4 Å². The summed E-state index contributed by atoms with van der Waals surface area (Å²) in [5.74, 6) is -0.305. The number of carbonyl (C=O) groups is 1. The third-order valence-electron chi connectivity index (χ3n) is 4.31. The van der Waals surface area contributed by atoms with Crippen molar-refractivity contribution in [2.45, 2.75) is 52.6 Å². The van der Waals surface area contributed by atoms with Crippen LogP contribution < -0.4 is 21.9 Å². The Labute approximate surface area is 152 Å². The van der Waals surface area contributed by atoms with Gasteiger partial charge in [-0.2, -0.15) is 0 Å². The zero-order valence-electron chi connectivity index (χ0n) is 16.0. The van der Waals surface area contributed by atoms with E-state index in [-0.39, 0.29) is 34.5 Å². The number of H-pyrrole nitrogens is 1. The first kappa shape index (κ1) is 19.8. The van der Waals surface area contributed by atoms with Crippen molar-refractivity contribution in [3.63, 3.8) is 0 Å². The molecule has 0 aliphatic carbocycles. The molecule has 0 saturated heterocycles. The van der Waals surface area contributed by atoms with E-state index in [4.69, 9.17) is 0 Å². The second-order valence-electron chi connectivity index (χ2n) is 6.76. The van der Waals surface area contributed by atoms with E-state index in [0.29, 0.717) is 25.2 Å². The Morgan fingerprint density at radius 3 is 2.58 bits per heavy atom. The molecule has 0 saturated carbocycles. The molecule has 2 aromatic heterocycles. The van der Waals surface area contributed by atoms with Crippen molar-refractivity contribution < 1.29 is 4.79 Å². The Kier molecular flexibility index (Phi) is 6.31. The van der Waals surface area contributed by atoms with Crippen LogP contribution in [-0.4, -0.2) is 40.1 Å². The third kappa shape index (κ3) is 4.01. The highest BCUT2D eigenvalue weighted by Gasteiger charge is 2.20. The Balaban J connectivity index is 2.72. The fraction of sp³-hybridized carbons (Fsp3) is 0.556. The van der Waals surface area contributed by atoms with Gasteiger partial charge in [-0.3, -0.25) is 19.1 Å². The van der Waals surface area contributed by atoms with Crippen LogP contribution in [0.25, 0.3) is 11.0 Å². The summed E-state index contributed by atoms with van der Waals surface area (Å²) in [6.07, 6.45) is 0.704. The minimum absolute atomic E-state index is 0.0478. The lowest BCUT2D eigenvalue weighted by molar-refractivity contribution is 0.0952. The SMILES string of the molecule is CCCn1c(=O)[nH]c(=O)c2c(C(=O)NCC(C)NC)cc(C(C)C)nc21. The molecule has 1 unspecified atom stereocenters. The van der Waals surface area contributed by atoms with E-state index in [9.17, 15) is 14.4 Å². The number of hydrogen-bond donors (Lipinski definition) is 3. The van der Waals surface area contributed by atoms with E-state index in [1.165, 1.54) is 4.57 Å². The van der Waals surface area contributed by atoms with Gasteiger partial charge in [-0.1, -0.05) is 20.8 Å². The molecule has 26 heavy (non-hydrogen) atoms. The van der Waals surface area contributed by atoms with Gasteiger partial charge in [0.05, 0.1) is 10.9 Å². The Morgan fingerprint density at radius 1 is 1.31 bits per heavy atom. The van der Waals surface area contributed by atoms with Crippen LogP contribution in [0.15, 0.2) is 15.7 Å². The highest BCUT2D eigenvalue weighted by Crippen LogP contribution is 2.19. The molecule has 1 atom stereocenters. The van der Waals surface area contributed by atoms with Crippen LogP contribution in [0.4, 0.5) is 0 Å². The molecule has 0 aliphatic rings. The predicted octanol–water partition coefficient (Wildman–Crippen LogP) is 0.956. The normalized spacial score (nSPS) is 12.5. The third-order valence-corrected chi connectivity index (χ3v) is 4.31. The molecular weight excluding hydrogens is 334 g/mol. The number of aromatic nitrogens is 3. The van der Waals surface area contributed by atoms with Gasteiger partial charge < -0.3 is 10.6 Å². The molecule has 0 bridgehead atoms. The van der Waals surface area contributed by atoms with E-state index < -0.39 is 11.2 Å². The summed E-state index contributed by atoms with van der Waals surface area (Å²) in [5, 5.41) is 6.02. The number of amides is 1. The van der Waals surface area contributed by atoms with Crippen molar-refractivity contribution >= 4 is 16.9 Å². The fourth-order valence-electron chi connectivity index (χ4n) is 2.64. The first-order valence-electron chi connectivity index (χ1n) is 8.93. The number of hydrogen-bond acceptors (Lipinski definition) is 5. The smallest absolute Gasteiger partial charge is 0.329 e. The number of carbonyl (C=O) groups excluding carboxylic acids is 1. The maximum absolute atomic E-state index is 12.8. The van der Waals surface area contributed by atoms with Crippen LogP contribution in [0.1, 0.15) is 56.1 Å². The van der Waals surface area contributed by atoms with Crippen molar-refractivity contribution in [2.24, 2.45) is 0 Å². The number of fused-ring (bicyclic) bond motifs is 1. The number of nitrogens with zero attached hydrogens (tertiary/aromatic N) is 2. The van der Waals surface area contributed by atoms with Crippen LogP contribution in [0.2, 0.25) is 0 Å². The minimum atomic E-state index is -0.591. The molecule has 8 heteroatoms. The topological polar surface area (TPSA) is 109 Å². The average Bonchev–Trinajstić information content (AvgIpc) is 2.61. The molecule has 0 fully saturated rings. The lowest BCUT2D eigenvalue weighted by atomic mass is 10.0. The summed E-state index contributed by atoms with van der Waals surface area (Å²) >= 11 is 0. The molecular formula is C18H27N5O3. The first-order chi connectivity index (χ1) is 12.3. The lowest BCUT2D eigenvalue weighted by Gasteiger charge is -2.15. The zero-order chi connectivity index (χ0) is 19.4. The molecule has 0 aliphatic heterocycles. The number of aryl methyl sites for hydroxylation is 1. The quantitative estimate of drug-likeness (QED) is 0.680. The van der Waals surface area contributed by atoms with Gasteiger partial charge >= 0.3 is 5.69 Å². The van der Waals surface area contributed by atoms with Crippen molar-refractivity contribution in [1.29, 1.82) is 0 Å². The standard InChI is InChI=1S/C18H27N5O3/c1-6-7-23-15-14(17(25)22-18(23)26)12(8-13(21-15)10(2)3)16(24)20-9-11(4)19-5/h8,10-11,19H,6-7,9H2,1-5H3,(H,20,24)(H,22,25,26). The fourth-order valence-corrected chi connectivity index (χ4v) is 2.64. The summed E-state index contributed by atoms with van der Waals surface area (Å²) in [5.41, 5.74) is 0.0748. The lowest BCUT2D eigenvalue weighted by Crippen LogP contribution is -2.38. The maximum atomic E-state index is 12.8. The van der Waals surface area contributed by atoms with Gasteiger partial charge in [-0.25, -0.2) is 9.78 Å². The van der Waals surface area contributed by atoms with Gasteiger partial charge in [0.1, 0.15) is 0 Å². The van der Waals surface area contributed by atoms with E-state index in [2.05, 4.69) is 20.6 Å². The molecule has 142 valence electrons. The molecule has 3 N–H and O–H groups in total. The predicted molar refractivity (Wildman–Crippen MR) is 102 cm³/mol. The number of likely N-dealkylation sites (N-methyl/N-ethyl adjacent to an activating group) is 1. The van der Waals surface area contributed by atoms with Crippen molar-refractivity contribution in [3.8, 4) is 0 Å². The summed E-state index contributed by atoms with van der Waals surface area (Å²) in [7, 11) is 1.81. The molecule has 2 rings (SSSR count). The zero-order valence-corrected chi connectivity index (χ0v) is 16.0. The second-order valence-corrected chi connectivity index (χ2v) is 6.76. The summed E-state index contributed by atoms with van der Waals surface area (Å²) in [6.45, 7) is 8.61. The van der Waals surface area contributed by atoms with Crippen LogP contribution in [-0.2, 0) is 6.54 Å². The summed E-state index contributed by atoms with van der Waals surface area (Å²) in [4.78, 5) is 44.3. The monoisotopic (exact) mass is 361 g/mol. The van der Waals surface area contributed by atoms with Gasteiger partial charge in [-0.15, -0.1) is 0 Å². The van der Waals surface area contributed by atoms with Crippen LogP contribution >= 0.6 is 0 Å². The first-order valence-corrected chi connectivity index (χ1v) is 8.93. The molecule has 2 heterocycles. The van der Waals surface area contributed by atoms with Crippen molar-refractivity contribution in [1.82, 2.24) is 25.2 Å². The second kappa shape index (κ2) is 8.27. The highest BCUT2D eigenvalue weighted by molar-refractivity contribution is 6.05. The highest BCUT2D eigenvalue weighted by atomic mass is 16.2. The van der Waals surface area contributed by atoms with Gasteiger partial charge in [0.25, 0.3) is 11.5 Å². The molecule has 0 radical (unpaired) electrons. The minimum Gasteiger partial charge on any atom is -0.350 e. The number of rotatable bonds is 7. The average molecular weight is 361 g/mol. The van der Waals surface area contributed by atoms with E-state index in [0.717, 1.165) is 0 Å². The Bertz CT molecular complexity index is 913. The summed E-state index contributed by atoms with van der Waals surface area (Å²) in [6, 6.07) is 1.73. The molecule has 1 amide bonds. The van der Waals surface area contributed by atoms with Gasteiger partial charge in [0.2, 0.25) is 0 Å². The molecule has 2 aromatic rings. The van der Waals surface area contributed by atoms with Gasteiger partial charge in [0.15, 0.2) is 5.65 Å². The summed E-state index contributed by atoms with van der Waals surface area (Å²) < 4.78 is 1.43. The molecule has 0 aromatic carbocycles.